The zero-order valence-electron chi connectivity index (χ0n) is 18.0. The van der Waals surface area contributed by atoms with Crippen LogP contribution in [0.15, 0.2) is 124 Å². The Morgan fingerprint density at radius 1 is 0.794 bits per heavy atom. The molecule has 0 saturated carbocycles. The third-order valence-electron chi connectivity index (χ3n) is 4.87. The number of carbonyl (C=O) groups is 1. The van der Waals surface area contributed by atoms with E-state index in [4.69, 9.17) is 0 Å². The third kappa shape index (κ3) is 5.99. The van der Waals surface area contributed by atoms with E-state index in [2.05, 4.69) is 27.9 Å². The standard InChI is InChI=1S/C26H21IN2O3S2/c27-20-15-17-21(18-16-20)29(34(31,32)23-11-5-2-6-12-23)19-26(30)28-24-13-7-8-14-25(24)33-22-9-3-1-4-10-22/h1-18H,19H2,(H,28,30). The summed E-state index contributed by atoms with van der Waals surface area (Å²) in [6.07, 6.45) is 0. The smallest absolute Gasteiger partial charge is 0.264 e. The lowest BCUT2D eigenvalue weighted by Gasteiger charge is -2.24. The SMILES string of the molecule is O=C(CN(c1ccc(I)cc1)S(=O)(=O)c1ccccc1)Nc1ccccc1Sc1ccccc1. The van der Waals surface area contributed by atoms with Gasteiger partial charge in [-0.15, -0.1) is 0 Å². The highest BCUT2D eigenvalue weighted by atomic mass is 127. The van der Waals surface area contributed by atoms with E-state index in [-0.39, 0.29) is 11.4 Å². The van der Waals surface area contributed by atoms with E-state index >= 15 is 0 Å². The van der Waals surface area contributed by atoms with Gasteiger partial charge in [-0.3, -0.25) is 9.10 Å². The van der Waals surface area contributed by atoms with Gasteiger partial charge in [0.25, 0.3) is 10.0 Å². The van der Waals surface area contributed by atoms with E-state index in [9.17, 15) is 13.2 Å². The van der Waals surface area contributed by atoms with Gasteiger partial charge in [0.2, 0.25) is 5.91 Å². The third-order valence-corrected chi connectivity index (χ3v) is 8.46. The number of para-hydroxylation sites is 1. The number of carbonyl (C=O) groups excluding carboxylic acids is 1. The molecular formula is C26H21IN2O3S2. The molecule has 0 aliphatic rings. The van der Waals surface area contributed by atoms with Crippen molar-refractivity contribution < 1.29 is 13.2 Å². The minimum absolute atomic E-state index is 0.126. The van der Waals surface area contributed by atoms with Crippen LogP contribution in [-0.4, -0.2) is 20.9 Å². The molecule has 5 nitrogen and oxygen atoms in total. The van der Waals surface area contributed by atoms with Crippen LogP contribution >= 0.6 is 34.4 Å². The zero-order valence-corrected chi connectivity index (χ0v) is 21.8. The van der Waals surface area contributed by atoms with Crippen molar-refractivity contribution in [1.82, 2.24) is 0 Å². The normalized spacial score (nSPS) is 11.1. The Labute approximate surface area is 217 Å². The van der Waals surface area contributed by atoms with E-state index in [0.29, 0.717) is 11.4 Å². The van der Waals surface area contributed by atoms with E-state index in [1.165, 1.54) is 23.9 Å². The molecule has 0 aromatic heterocycles. The Kier molecular flexibility index (Phi) is 7.91. The summed E-state index contributed by atoms with van der Waals surface area (Å²) in [5.74, 6) is -0.431. The molecule has 0 unspecified atom stereocenters. The monoisotopic (exact) mass is 600 g/mol. The summed E-state index contributed by atoms with van der Waals surface area (Å²) in [6.45, 7) is -0.359. The Hall–Kier alpha value is -2.82. The summed E-state index contributed by atoms with van der Waals surface area (Å²) in [5.41, 5.74) is 1.05. The number of halogens is 1. The summed E-state index contributed by atoms with van der Waals surface area (Å²) < 4.78 is 29.0. The van der Waals surface area contributed by atoms with E-state index in [1.54, 1.807) is 30.3 Å². The number of nitrogens with zero attached hydrogens (tertiary/aromatic N) is 1. The van der Waals surface area contributed by atoms with Crippen molar-refractivity contribution in [3.05, 3.63) is 113 Å². The maximum Gasteiger partial charge on any atom is 0.264 e. The van der Waals surface area contributed by atoms with Gasteiger partial charge in [-0.1, -0.05) is 60.3 Å². The number of hydrogen-bond acceptors (Lipinski definition) is 4. The molecule has 172 valence electrons. The molecule has 0 aliphatic heterocycles. The summed E-state index contributed by atoms with van der Waals surface area (Å²) in [5, 5.41) is 2.90. The van der Waals surface area contributed by atoms with E-state index in [0.717, 1.165) is 17.7 Å². The Morgan fingerprint density at radius 3 is 2.06 bits per heavy atom. The van der Waals surface area contributed by atoms with Gasteiger partial charge in [0.15, 0.2) is 0 Å². The second kappa shape index (κ2) is 11.1. The molecule has 1 amide bonds. The fraction of sp³-hybridized carbons (Fsp3) is 0.0385. The van der Waals surface area contributed by atoms with Crippen molar-refractivity contribution >= 4 is 61.7 Å². The van der Waals surface area contributed by atoms with Crippen molar-refractivity contribution in [2.24, 2.45) is 0 Å². The van der Waals surface area contributed by atoms with Gasteiger partial charge in [0.1, 0.15) is 6.54 Å². The quantitative estimate of drug-likeness (QED) is 0.242. The molecule has 0 heterocycles. The number of amides is 1. The fourth-order valence-electron chi connectivity index (χ4n) is 3.24. The lowest BCUT2D eigenvalue weighted by molar-refractivity contribution is -0.114. The summed E-state index contributed by atoms with van der Waals surface area (Å²) in [7, 11) is -3.95. The summed E-state index contributed by atoms with van der Waals surface area (Å²) in [4.78, 5) is 15.2. The van der Waals surface area contributed by atoms with Crippen molar-refractivity contribution in [3.8, 4) is 0 Å². The van der Waals surface area contributed by atoms with Crippen LogP contribution < -0.4 is 9.62 Å². The first kappa shape index (κ1) is 24.3. The molecule has 34 heavy (non-hydrogen) atoms. The van der Waals surface area contributed by atoms with Gasteiger partial charge in [-0.25, -0.2) is 8.42 Å². The first-order chi connectivity index (χ1) is 16.4. The van der Waals surface area contributed by atoms with Crippen molar-refractivity contribution in [3.63, 3.8) is 0 Å². The van der Waals surface area contributed by atoms with Gasteiger partial charge in [0, 0.05) is 13.4 Å². The van der Waals surface area contributed by atoms with Crippen molar-refractivity contribution in [2.75, 3.05) is 16.2 Å². The molecule has 0 saturated heterocycles. The Bertz CT molecular complexity index is 1360. The van der Waals surface area contributed by atoms with Gasteiger partial charge in [-0.05, 0) is 83.3 Å². The second-order valence-electron chi connectivity index (χ2n) is 7.26. The summed E-state index contributed by atoms with van der Waals surface area (Å²) >= 11 is 3.68. The molecule has 0 fully saturated rings. The van der Waals surface area contributed by atoms with Crippen LogP contribution in [-0.2, 0) is 14.8 Å². The first-order valence-corrected chi connectivity index (χ1v) is 13.7. The number of rotatable bonds is 8. The van der Waals surface area contributed by atoms with Crippen LogP contribution in [0.1, 0.15) is 0 Å². The molecule has 0 bridgehead atoms. The highest BCUT2D eigenvalue weighted by molar-refractivity contribution is 14.1. The zero-order chi connectivity index (χ0) is 24.0. The molecule has 0 aliphatic carbocycles. The van der Waals surface area contributed by atoms with Gasteiger partial charge < -0.3 is 5.32 Å². The van der Waals surface area contributed by atoms with Gasteiger partial charge >= 0.3 is 0 Å². The van der Waals surface area contributed by atoms with E-state index < -0.39 is 15.9 Å². The Balaban J connectivity index is 1.60. The lowest BCUT2D eigenvalue weighted by atomic mass is 10.3. The molecule has 0 atom stereocenters. The van der Waals surface area contributed by atoms with Crippen molar-refractivity contribution in [2.45, 2.75) is 14.7 Å². The number of hydrogen-bond donors (Lipinski definition) is 1. The Morgan fingerprint density at radius 2 is 1.38 bits per heavy atom. The molecule has 0 spiro atoms. The molecular weight excluding hydrogens is 579 g/mol. The summed E-state index contributed by atoms with van der Waals surface area (Å²) in [6, 6.07) is 32.5. The predicted octanol–water partition coefficient (Wildman–Crippen LogP) is 6.28. The van der Waals surface area contributed by atoms with Gasteiger partial charge in [0.05, 0.1) is 16.3 Å². The lowest BCUT2D eigenvalue weighted by Crippen LogP contribution is -2.38. The number of anilines is 2. The maximum absolute atomic E-state index is 13.5. The van der Waals surface area contributed by atoms with Crippen LogP contribution in [0.4, 0.5) is 11.4 Å². The number of nitrogens with one attached hydrogen (secondary N) is 1. The molecule has 8 heteroatoms. The van der Waals surface area contributed by atoms with Crippen LogP contribution in [0, 0.1) is 3.57 Å². The van der Waals surface area contributed by atoms with Crippen LogP contribution in [0.5, 0.6) is 0 Å². The molecule has 4 aromatic rings. The van der Waals surface area contributed by atoms with Crippen molar-refractivity contribution in [1.29, 1.82) is 0 Å². The topological polar surface area (TPSA) is 66.5 Å². The molecule has 1 N–H and O–H groups in total. The molecule has 4 rings (SSSR count). The second-order valence-corrected chi connectivity index (χ2v) is 11.5. The molecule has 4 aromatic carbocycles. The minimum Gasteiger partial charge on any atom is -0.323 e. The minimum atomic E-state index is -3.95. The van der Waals surface area contributed by atoms with Crippen LogP contribution in [0.25, 0.3) is 0 Å². The predicted molar refractivity (Wildman–Crippen MR) is 146 cm³/mol. The van der Waals surface area contributed by atoms with Crippen LogP contribution in [0.2, 0.25) is 0 Å². The van der Waals surface area contributed by atoms with Crippen LogP contribution in [0.3, 0.4) is 0 Å². The number of sulfonamides is 1. The van der Waals surface area contributed by atoms with E-state index in [1.807, 2.05) is 66.7 Å². The average molecular weight is 601 g/mol. The highest BCUT2D eigenvalue weighted by Gasteiger charge is 2.27. The first-order valence-electron chi connectivity index (χ1n) is 10.4. The largest absolute Gasteiger partial charge is 0.323 e. The molecule has 0 radical (unpaired) electrons. The average Bonchev–Trinajstić information content (AvgIpc) is 2.85. The highest BCUT2D eigenvalue weighted by Crippen LogP contribution is 2.33. The fourth-order valence-corrected chi connectivity index (χ4v) is 5.96. The maximum atomic E-state index is 13.5. The van der Waals surface area contributed by atoms with Gasteiger partial charge in [-0.2, -0.15) is 0 Å². The number of benzene rings is 4.